The lowest BCUT2D eigenvalue weighted by Gasteiger charge is -2.18. The second-order valence-electron chi connectivity index (χ2n) is 3.96. The number of halogens is 3. The van der Waals surface area contributed by atoms with E-state index < -0.39 is 30.0 Å². The van der Waals surface area contributed by atoms with Crippen LogP contribution < -0.4 is 0 Å². The molecule has 1 fully saturated rings. The van der Waals surface area contributed by atoms with E-state index >= 15 is 0 Å². The van der Waals surface area contributed by atoms with Crippen LogP contribution in [0.15, 0.2) is 0 Å². The molecule has 0 aromatic carbocycles. The Hall–Kier alpha value is -1.07. The summed E-state index contributed by atoms with van der Waals surface area (Å²) < 4.78 is 35.9. The van der Waals surface area contributed by atoms with E-state index in [0.29, 0.717) is 0 Å². The molecule has 0 spiro atoms. The lowest BCUT2D eigenvalue weighted by Crippen LogP contribution is -2.40. The van der Waals surface area contributed by atoms with Crippen molar-refractivity contribution in [2.75, 3.05) is 6.54 Å². The predicted molar refractivity (Wildman–Crippen MR) is 41.2 cm³/mol. The summed E-state index contributed by atoms with van der Waals surface area (Å²) >= 11 is 0. The summed E-state index contributed by atoms with van der Waals surface area (Å²) in [4.78, 5) is 22.7. The first-order valence-electron chi connectivity index (χ1n) is 4.05. The lowest BCUT2D eigenvalue weighted by atomic mass is 9.92. The second kappa shape index (κ2) is 2.96. The molecule has 0 aromatic heterocycles. The number of amides is 2. The molecule has 1 aliphatic heterocycles. The maximum atomic E-state index is 12.0. The van der Waals surface area contributed by atoms with Crippen molar-refractivity contribution in [2.24, 2.45) is 5.41 Å². The number of alkyl halides is 3. The maximum absolute atomic E-state index is 12.0. The molecule has 2 amide bonds. The van der Waals surface area contributed by atoms with Crippen molar-refractivity contribution < 1.29 is 22.8 Å². The van der Waals surface area contributed by atoms with E-state index in [4.69, 9.17) is 0 Å². The molecule has 14 heavy (non-hydrogen) atoms. The number of carbonyl (C=O) groups excluding carboxylic acids is 2. The van der Waals surface area contributed by atoms with Gasteiger partial charge in [-0.1, -0.05) is 13.8 Å². The third kappa shape index (κ3) is 2.05. The van der Waals surface area contributed by atoms with Crippen LogP contribution in [0.3, 0.4) is 0 Å². The summed E-state index contributed by atoms with van der Waals surface area (Å²) in [6.07, 6.45) is -4.67. The molecule has 1 rings (SSSR count). The van der Waals surface area contributed by atoms with Gasteiger partial charge in [-0.05, 0) is 0 Å². The molecule has 0 bridgehead atoms. The highest BCUT2D eigenvalue weighted by atomic mass is 19.4. The smallest absolute Gasteiger partial charge is 0.274 e. The van der Waals surface area contributed by atoms with Crippen LogP contribution in [-0.2, 0) is 9.59 Å². The highest BCUT2D eigenvalue weighted by Gasteiger charge is 2.48. The molecule has 3 nitrogen and oxygen atoms in total. The minimum absolute atomic E-state index is 0.151. The molecule has 0 saturated carbocycles. The Balaban J connectivity index is 2.82. The van der Waals surface area contributed by atoms with E-state index in [2.05, 4.69) is 0 Å². The fourth-order valence-corrected chi connectivity index (χ4v) is 1.37. The number of hydrogen-bond donors (Lipinski definition) is 0. The zero-order valence-electron chi connectivity index (χ0n) is 7.81. The van der Waals surface area contributed by atoms with Crippen molar-refractivity contribution in [3.8, 4) is 0 Å². The van der Waals surface area contributed by atoms with Crippen LogP contribution in [0.1, 0.15) is 20.3 Å². The molecule has 0 unspecified atom stereocenters. The van der Waals surface area contributed by atoms with Gasteiger partial charge in [0.15, 0.2) is 0 Å². The van der Waals surface area contributed by atoms with Gasteiger partial charge < -0.3 is 0 Å². The Labute approximate surface area is 78.9 Å². The monoisotopic (exact) mass is 209 g/mol. The Morgan fingerprint density at radius 3 is 2.14 bits per heavy atom. The molecule has 6 heteroatoms. The van der Waals surface area contributed by atoms with Gasteiger partial charge in [0.1, 0.15) is 6.54 Å². The number of imide groups is 1. The van der Waals surface area contributed by atoms with Gasteiger partial charge in [-0.2, -0.15) is 13.2 Å². The normalized spacial score (nSPS) is 21.9. The van der Waals surface area contributed by atoms with Crippen molar-refractivity contribution in [3.05, 3.63) is 0 Å². The van der Waals surface area contributed by atoms with Gasteiger partial charge in [0.05, 0.1) is 5.41 Å². The van der Waals surface area contributed by atoms with Crippen molar-refractivity contribution in [3.63, 3.8) is 0 Å². The molecular weight excluding hydrogens is 199 g/mol. The zero-order chi connectivity index (χ0) is 11.1. The highest BCUT2D eigenvalue weighted by Crippen LogP contribution is 2.33. The summed E-state index contributed by atoms with van der Waals surface area (Å²) in [5, 5.41) is 0. The second-order valence-corrected chi connectivity index (χ2v) is 3.96. The van der Waals surface area contributed by atoms with Crippen LogP contribution in [0.5, 0.6) is 0 Å². The van der Waals surface area contributed by atoms with Crippen LogP contribution >= 0.6 is 0 Å². The van der Waals surface area contributed by atoms with Gasteiger partial charge in [0, 0.05) is 6.42 Å². The van der Waals surface area contributed by atoms with Gasteiger partial charge in [0.25, 0.3) is 0 Å². The summed E-state index contributed by atoms with van der Waals surface area (Å²) in [5.41, 5.74) is -0.998. The molecular formula is C8H10F3NO2. The van der Waals surface area contributed by atoms with E-state index in [1.54, 1.807) is 0 Å². The standard InChI is InChI=1S/C8H10F3NO2/c1-7(2)3-5(13)12(6(7)14)4-8(9,10)11/h3-4H2,1-2H3. The Morgan fingerprint density at radius 1 is 1.36 bits per heavy atom. The third-order valence-electron chi connectivity index (χ3n) is 2.06. The molecule has 0 aromatic rings. The molecule has 0 aliphatic carbocycles. The van der Waals surface area contributed by atoms with Crippen molar-refractivity contribution in [1.29, 1.82) is 0 Å². The number of hydrogen-bond acceptors (Lipinski definition) is 2. The van der Waals surface area contributed by atoms with Gasteiger partial charge in [-0.3, -0.25) is 14.5 Å². The Kier molecular flexibility index (Phi) is 2.33. The SMILES string of the molecule is CC1(C)CC(=O)N(CC(F)(F)F)C1=O. The Bertz CT molecular complexity index is 283. The lowest BCUT2D eigenvalue weighted by molar-refractivity contribution is -0.166. The first-order valence-corrected chi connectivity index (χ1v) is 4.05. The molecule has 0 radical (unpaired) electrons. The summed E-state index contributed by atoms with van der Waals surface area (Å²) in [7, 11) is 0. The number of carbonyl (C=O) groups is 2. The van der Waals surface area contributed by atoms with Crippen LogP contribution in [-0.4, -0.2) is 29.4 Å². The largest absolute Gasteiger partial charge is 0.406 e. The highest BCUT2D eigenvalue weighted by molar-refractivity contribution is 6.05. The number of nitrogens with zero attached hydrogens (tertiary/aromatic N) is 1. The van der Waals surface area contributed by atoms with Gasteiger partial charge in [0.2, 0.25) is 11.8 Å². The zero-order valence-corrected chi connectivity index (χ0v) is 7.81. The van der Waals surface area contributed by atoms with E-state index in [1.165, 1.54) is 13.8 Å². The number of rotatable bonds is 1. The van der Waals surface area contributed by atoms with Crippen LogP contribution in [0, 0.1) is 5.41 Å². The molecule has 80 valence electrons. The van der Waals surface area contributed by atoms with E-state index in [9.17, 15) is 22.8 Å². The first-order chi connectivity index (χ1) is 6.13. The maximum Gasteiger partial charge on any atom is 0.406 e. The van der Waals surface area contributed by atoms with E-state index in [-0.39, 0.29) is 11.3 Å². The van der Waals surface area contributed by atoms with Crippen molar-refractivity contribution in [1.82, 2.24) is 4.90 Å². The average Bonchev–Trinajstić information content (AvgIpc) is 2.10. The molecule has 1 heterocycles. The summed E-state index contributed by atoms with van der Waals surface area (Å²) in [6.45, 7) is 1.45. The van der Waals surface area contributed by atoms with Crippen molar-refractivity contribution >= 4 is 11.8 Å². The number of likely N-dealkylation sites (tertiary alicyclic amines) is 1. The van der Waals surface area contributed by atoms with Gasteiger partial charge >= 0.3 is 6.18 Å². The van der Waals surface area contributed by atoms with Gasteiger partial charge in [-0.25, -0.2) is 0 Å². The van der Waals surface area contributed by atoms with Crippen LogP contribution in [0.25, 0.3) is 0 Å². The molecule has 1 saturated heterocycles. The quantitative estimate of drug-likeness (QED) is 0.611. The molecule has 1 aliphatic rings. The van der Waals surface area contributed by atoms with E-state index in [1.807, 2.05) is 0 Å². The topological polar surface area (TPSA) is 37.4 Å². The third-order valence-corrected chi connectivity index (χ3v) is 2.06. The first kappa shape index (κ1) is 11.0. The summed E-state index contributed by atoms with van der Waals surface area (Å²) in [5.74, 6) is -1.50. The van der Waals surface area contributed by atoms with Crippen LogP contribution in [0.2, 0.25) is 0 Å². The molecule has 0 atom stereocenters. The molecule has 0 N–H and O–H groups in total. The van der Waals surface area contributed by atoms with Crippen LogP contribution in [0.4, 0.5) is 13.2 Å². The summed E-state index contributed by atoms with van der Waals surface area (Å²) in [6, 6.07) is 0. The minimum atomic E-state index is -4.52. The van der Waals surface area contributed by atoms with E-state index in [0.717, 1.165) is 0 Å². The predicted octanol–water partition coefficient (Wildman–Crippen LogP) is 1.33. The fraction of sp³-hybridized carbons (Fsp3) is 0.750. The fourth-order valence-electron chi connectivity index (χ4n) is 1.37. The van der Waals surface area contributed by atoms with Crippen molar-refractivity contribution in [2.45, 2.75) is 26.4 Å². The van der Waals surface area contributed by atoms with Gasteiger partial charge in [-0.15, -0.1) is 0 Å². The minimum Gasteiger partial charge on any atom is -0.274 e. The average molecular weight is 209 g/mol. The Morgan fingerprint density at radius 2 is 1.86 bits per heavy atom.